The lowest BCUT2D eigenvalue weighted by molar-refractivity contribution is -0.132. The van der Waals surface area contributed by atoms with E-state index in [4.69, 9.17) is 14.5 Å². The summed E-state index contributed by atoms with van der Waals surface area (Å²) in [6, 6.07) is 4.24. The molecule has 2 amide bonds. The first-order valence-corrected chi connectivity index (χ1v) is 16.6. The van der Waals surface area contributed by atoms with Crippen molar-refractivity contribution in [2.24, 2.45) is 0 Å². The first kappa shape index (κ1) is 31.9. The largest absolute Gasteiger partial charge is 0.444 e. The number of benzene rings is 2. The summed E-state index contributed by atoms with van der Waals surface area (Å²) in [6.07, 6.45) is 0.616. The minimum Gasteiger partial charge on any atom is -0.444 e. The summed E-state index contributed by atoms with van der Waals surface area (Å²) in [6.45, 7) is 7.78. The van der Waals surface area contributed by atoms with E-state index in [9.17, 15) is 14.9 Å². The Bertz CT molecular complexity index is 1950. The zero-order valence-corrected chi connectivity index (χ0v) is 27.6. The number of hydrogen-bond donors (Lipinski definition) is 2. The highest BCUT2D eigenvalue weighted by atomic mass is 32.2. The van der Waals surface area contributed by atoms with Gasteiger partial charge in [0.15, 0.2) is 11.0 Å². The minimum absolute atomic E-state index is 0.0141. The van der Waals surface area contributed by atoms with Crippen LogP contribution in [0, 0.1) is 23.0 Å². The Labute approximate surface area is 272 Å². The van der Waals surface area contributed by atoms with Gasteiger partial charge in [0.1, 0.15) is 39.9 Å². The molecule has 1 atom stereocenters. The van der Waals surface area contributed by atoms with E-state index in [1.807, 2.05) is 6.92 Å². The maximum Gasteiger partial charge on any atom is 0.412 e. The van der Waals surface area contributed by atoms with E-state index in [1.165, 1.54) is 23.9 Å². The van der Waals surface area contributed by atoms with Crippen LogP contribution in [0.5, 0.6) is 0 Å². The second-order valence-electron chi connectivity index (χ2n) is 12.1. The topological polar surface area (TPSA) is 129 Å². The van der Waals surface area contributed by atoms with Gasteiger partial charge in [0.25, 0.3) is 0 Å². The second-order valence-corrected chi connectivity index (χ2v) is 14.4. The lowest BCUT2D eigenvalue weighted by atomic mass is 9.90. The maximum absolute atomic E-state index is 17.1. The van der Waals surface area contributed by atoms with Crippen LogP contribution in [0.4, 0.5) is 24.4 Å². The van der Waals surface area contributed by atoms with E-state index >= 15 is 8.78 Å². The molecule has 240 valence electrons. The van der Waals surface area contributed by atoms with Crippen molar-refractivity contribution >= 4 is 66.9 Å². The highest BCUT2D eigenvalue weighted by molar-refractivity contribution is 7.99. The first-order chi connectivity index (χ1) is 21.9. The first-order valence-electron chi connectivity index (χ1n) is 14.8. The standard InChI is InChI=1S/C32H32F2N6O4S2/c1-6-45-30-37-26-23(27(38-30)36-19-8-7-11-40(5)29(19)41)17-14-43-13-16(17)22(25(26)34)24-18(33)9-10-20-21(24)15(12-35)28(46-20)39-31(42)44-32(2,3)4/h9-10,19H,6-8,11,13-14H2,1-5H3,(H,39,42)(H,36,37,38)/t19-/m1/s1. The van der Waals surface area contributed by atoms with E-state index in [-0.39, 0.29) is 51.7 Å². The minimum atomic E-state index is -0.794. The number of halogens is 2. The number of rotatable bonds is 6. The number of carbonyl (C=O) groups is 2. The highest BCUT2D eigenvalue weighted by Gasteiger charge is 2.34. The van der Waals surface area contributed by atoms with Crippen molar-refractivity contribution in [1.82, 2.24) is 14.9 Å². The van der Waals surface area contributed by atoms with Crippen LogP contribution in [0.1, 0.15) is 57.2 Å². The van der Waals surface area contributed by atoms with Crippen LogP contribution < -0.4 is 10.6 Å². The fourth-order valence-electron chi connectivity index (χ4n) is 5.90. The van der Waals surface area contributed by atoms with Crippen LogP contribution in [0.3, 0.4) is 0 Å². The predicted molar refractivity (Wildman–Crippen MR) is 174 cm³/mol. The number of carbonyl (C=O) groups excluding carboxylic acids is 2. The van der Waals surface area contributed by atoms with Gasteiger partial charge in [-0.3, -0.25) is 10.1 Å². The Morgan fingerprint density at radius 1 is 1.22 bits per heavy atom. The number of fused-ring (bicyclic) bond motifs is 4. The molecule has 1 fully saturated rings. The van der Waals surface area contributed by atoms with Gasteiger partial charge in [-0.1, -0.05) is 18.7 Å². The summed E-state index contributed by atoms with van der Waals surface area (Å²) >= 11 is 2.38. The predicted octanol–water partition coefficient (Wildman–Crippen LogP) is 7.18. The van der Waals surface area contributed by atoms with Gasteiger partial charge in [-0.15, -0.1) is 11.3 Å². The third kappa shape index (κ3) is 5.72. The smallest absolute Gasteiger partial charge is 0.412 e. The number of thioether (sulfide) groups is 1. The molecule has 2 aliphatic heterocycles. The molecule has 4 heterocycles. The number of amides is 2. The Morgan fingerprint density at radius 2 is 1.98 bits per heavy atom. The molecule has 0 radical (unpaired) electrons. The molecule has 2 aromatic carbocycles. The van der Waals surface area contributed by atoms with Crippen LogP contribution in [0.2, 0.25) is 0 Å². The summed E-state index contributed by atoms with van der Waals surface area (Å²) in [5, 5.41) is 17.1. The number of nitrogens with zero attached hydrogens (tertiary/aromatic N) is 4. The normalized spacial score (nSPS) is 16.5. The number of likely N-dealkylation sites (tertiary alicyclic amines) is 1. The van der Waals surface area contributed by atoms with Crippen LogP contribution in [-0.2, 0) is 27.5 Å². The summed E-state index contributed by atoms with van der Waals surface area (Å²) < 4.78 is 44.8. The fourth-order valence-corrected chi connectivity index (χ4v) is 7.52. The molecular formula is C32H32F2N6O4S2. The molecule has 0 saturated carbocycles. The van der Waals surface area contributed by atoms with E-state index in [0.717, 1.165) is 17.8 Å². The number of nitriles is 1. The molecule has 10 nitrogen and oxygen atoms in total. The molecule has 2 aromatic heterocycles. The number of ether oxygens (including phenoxy) is 2. The van der Waals surface area contributed by atoms with Gasteiger partial charge in [-0.05, 0) is 62.6 Å². The molecule has 0 bridgehead atoms. The van der Waals surface area contributed by atoms with E-state index in [0.29, 0.717) is 50.9 Å². The maximum atomic E-state index is 17.1. The highest BCUT2D eigenvalue weighted by Crippen LogP contribution is 2.48. The Kier molecular flexibility index (Phi) is 8.51. The number of piperidine rings is 1. The lowest BCUT2D eigenvalue weighted by Crippen LogP contribution is -2.45. The van der Waals surface area contributed by atoms with Crippen molar-refractivity contribution in [3.63, 3.8) is 0 Å². The summed E-state index contributed by atoms with van der Waals surface area (Å²) in [5.74, 6) is -0.695. The SMILES string of the molecule is CCSc1nc(N[C@@H]2CCCN(C)C2=O)c2c3c(c(-c4c(F)ccc5sc(NC(=O)OC(C)(C)C)c(C#N)c45)c(F)c2n1)COC3. The lowest BCUT2D eigenvalue weighted by Gasteiger charge is -2.30. The van der Waals surface area contributed by atoms with E-state index < -0.39 is 29.4 Å². The molecule has 6 rings (SSSR count). The molecule has 2 N–H and O–H groups in total. The second kappa shape index (κ2) is 12.3. The number of aromatic nitrogens is 2. The van der Waals surface area contributed by atoms with Crippen LogP contribution in [0.15, 0.2) is 17.3 Å². The fraction of sp³-hybridized carbons (Fsp3) is 0.406. The van der Waals surface area contributed by atoms with Gasteiger partial charge < -0.3 is 19.7 Å². The van der Waals surface area contributed by atoms with Gasteiger partial charge in [-0.25, -0.2) is 23.5 Å². The molecular weight excluding hydrogens is 635 g/mol. The van der Waals surface area contributed by atoms with Crippen molar-refractivity contribution in [2.45, 2.75) is 70.5 Å². The summed E-state index contributed by atoms with van der Waals surface area (Å²) in [5.41, 5.74) is -0.0400. The van der Waals surface area contributed by atoms with Gasteiger partial charge in [0.2, 0.25) is 5.91 Å². The molecule has 0 spiro atoms. The van der Waals surface area contributed by atoms with Crippen molar-refractivity contribution in [1.29, 1.82) is 5.26 Å². The number of thiophene rings is 1. The van der Waals surface area contributed by atoms with Gasteiger partial charge in [-0.2, -0.15) is 5.26 Å². The molecule has 14 heteroatoms. The van der Waals surface area contributed by atoms with E-state index in [1.54, 1.807) is 32.7 Å². The molecule has 2 aliphatic rings. The molecule has 0 unspecified atom stereocenters. The molecule has 0 aliphatic carbocycles. The van der Waals surface area contributed by atoms with Crippen molar-refractivity contribution < 1.29 is 27.8 Å². The summed E-state index contributed by atoms with van der Waals surface area (Å²) in [4.78, 5) is 36.5. The average molecular weight is 667 g/mol. The number of likely N-dealkylation sites (N-methyl/N-ethyl adjacent to an activating group) is 1. The summed E-state index contributed by atoms with van der Waals surface area (Å²) in [7, 11) is 1.74. The van der Waals surface area contributed by atoms with Gasteiger partial charge in [0, 0.05) is 34.8 Å². The average Bonchev–Trinajstić information content (AvgIpc) is 3.60. The van der Waals surface area contributed by atoms with Gasteiger partial charge in [0.05, 0.1) is 24.2 Å². The molecule has 46 heavy (non-hydrogen) atoms. The van der Waals surface area contributed by atoms with Crippen LogP contribution in [-0.4, -0.2) is 57.9 Å². The number of hydrogen-bond acceptors (Lipinski definition) is 10. The zero-order valence-electron chi connectivity index (χ0n) is 26.0. The van der Waals surface area contributed by atoms with Crippen LogP contribution in [0.25, 0.3) is 32.1 Å². The monoisotopic (exact) mass is 666 g/mol. The zero-order chi connectivity index (χ0) is 32.9. The molecule has 4 aromatic rings. The van der Waals surface area contributed by atoms with Crippen molar-refractivity contribution in [2.75, 3.05) is 30.0 Å². The number of nitrogens with one attached hydrogen (secondary N) is 2. The van der Waals surface area contributed by atoms with Crippen molar-refractivity contribution in [3.05, 3.63) is 40.5 Å². The Hall–Kier alpha value is -4.06. The van der Waals surface area contributed by atoms with Crippen molar-refractivity contribution in [3.8, 4) is 17.2 Å². The third-order valence-corrected chi connectivity index (χ3v) is 9.60. The van der Waals surface area contributed by atoms with E-state index in [2.05, 4.69) is 21.7 Å². The molecule has 1 saturated heterocycles. The quantitative estimate of drug-likeness (QED) is 0.162. The number of anilines is 2. The van der Waals surface area contributed by atoms with Crippen LogP contribution >= 0.6 is 23.1 Å². The Morgan fingerprint density at radius 3 is 2.70 bits per heavy atom. The Balaban J connectivity index is 1.58. The van der Waals surface area contributed by atoms with Gasteiger partial charge >= 0.3 is 6.09 Å². The third-order valence-electron chi connectivity index (χ3n) is 7.80.